The fourth-order valence-electron chi connectivity index (χ4n) is 3.20. The number of aromatic amines is 1. The monoisotopic (exact) mass is 407 g/mol. The average Bonchev–Trinajstić information content (AvgIpc) is 2.93. The van der Waals surface area contributed by atoms with Crippen LogP contribution in [0.2, 0.25) is 0 Å². The predicted octanol–water partition coefficient (Wildman–Crippen LogP) is 4.99. The van der Waals surface area contributed by atoms with Gasteiger partial charge in [-0.3, -0.25) is 4.79 Å². The lowest BCUT2D eigenvalue weighted by molar-refractivity contribution is -0.140. The molecule has 1 heterocycles. The largest absolute Gasteiger partial charge is 0.419 e. The summed E-state index contributed by atoms with van der Waals surface area (Å²) in [7, 11) is 3.96. The third-order valence-corrected chi connectivity index (χ3v) is 4.72. The number of nitrogens with zero attached hydrogens (tertiary/aromatic N) is 1. The van der Waals surface area contributed by atoms with Gasteiger partial charge in [0.25, 0.3) is 5.91 Å². The Morgan fingerprint density at radius 3 is 2.52 bits per heavy atom. The summed E-state index contributed by atoms with van der Waals surface area (Å²) in [5, 5.41) is 3.54. The second-order valence-corrected chi connectivity index (χ2v) is 7.19. The van der Waals surface area contributed by atoms with E-state index in [4.69, 9.17) is 0 Å². The zero-order valence-corrected chi connectivity index (χ0v) is 16.2. The molecule has 154 valence electrons. The van der Waals surface area contributed by atoms with Crippen molar-refractivity contribution in [3.63, 3.8) is 0 Å². The van der Waals surface area contributed by atoms with Crippen molar-refractivity contribution in [3.8, 4) is 0 Å². The Hall–Kier alpha value is -2.87. The van der Waals surface area contributed by atoms with Gasteiger partial charge in [0.05, 0.1) is 5.56 Å². The maximum atomic E-state index is 13.4. The first-order valence-electron chi connectivity index (χ1n) is 9.00. The van der Waals surface area contributed by atoms with E-state index in [2.05, 4.69) is 15.2 Å². The SMILES string of the molecule is Cc1[nH]c2ccc(NC(=O)c3ccc(F)c(C(F)(F)F)c3)cc2c1CCN(C)C. The number of hydrogen-bond donors (Lipinski definition) is 2. The molecule has 0 aliphatic rings. The smallest absolute Gasteiger partial charge is 0.358 e. The molecule has 0 saturated carbocycles. The molecule has 1 amide bonds. The zero-order chi connectivity index (χ0) is 21.3. The lowest BCUT2D eigenvalue weighted by atomic mass is 10.1. The summed E-state index contributed by atoms with van der Waals surface area (Å²) in [4.78, 5) is 17.8. The van der Waals surface area contributed by atoms with Crippen LogP contribution in [0.5, 0.6) is 0 Å². The van der Waals surface area contributed by atoms with Crippen LogP contribution in [0.3, 0.4) is 0 Å². The lowest BCUT2D eigenvalue weighted by Crippen LogP contribution is -2.15. The molecule has 1 aromatic heterocycles. The fourth-order valence-corrected chi connectivity index (χ4v) is 3.20. The average molecular weight is 407 g/mol. The van der Waals surface area contributed by atoms with Gasteiger partial charge in [0.2, 0.25) is 0 Å². The van der Waals surface area contributed by atoms with Gasteiger partial charge < -0.3 is 15.2 Å². The van der Waals surface area contributed by atoms with E-state index in [1.807, 2.05) is 27.1 Å². The van der Waals surface area contributed by atoms with Crippen molar-refractivity contribution in [1.82, 2.24) is 9.88 Å². The fraction of sp³-hybridized carbons (Fsp3) is 0.286. The molecule has 0 radical (unpaired) electrons. The Morgan fingerprint density at radius 1 is 1.14 bits per heavy atom. The number of anilines is 1. The molecule has 8 heteroatoms. The molecular weight excluding hydrogens is 386 g/mol. The normalized spacial score (nSPS) is 12.0. The first-order chi connectivity index (χ1) is 13.6. The number of H-pyrrole nitrogens is 1. The van der Waals surface area contributed by atoms with Crippen LogP contribution in [-0.2, 0) is 12.6 Å². The minimum absolute atomic E-state index is 0.267. The molecule has 0 atom stereocenters. The van der Waals surface area contributed by atoms with Crippen molar-refractivity contribution in [2.24, 2.45) is 0 Å². The van der Waals surface area contributed by atoms with Crippen LogP contribution in [0.4, 0.5) is 23.2 Å². The highest BCUT2D eigenvalue weighted by Gasteiger charge is 2.34. The predicted molar refractivity (Wildman–Crippen MR) is 105 cm³/mol. The number of amides is 1. The highest BCUT2D eigenvalue weighted by molar-refractivity contribution is 6.05. The summed E-state index contributed by atoms with van der Waals surface area (Å²) in [5.74, 6) is -2.15. The first kappa shape index (κ1) is 20.9. The van der Waals surface area contributed by atoms with E-state index in [0.29, 0.717) is 17.8 Å². The number of likely N-dealkylation sites (N-methyl/N-ethyl adjacent to an activating group) is 1. The van der Waals surface area contributed by atoms with Gasteiger partial charge in [0.15, 0.2) is 0 Å². The van der Waals surface area contributed by atoms with Crippen molar-refractivity contribution < 1.29 is 22.4 Å². The van der Waals surface area contributed by atoms with Gasteiger partial charge in [-0.05, 0) is 69.4 Å². The van der Waals surface area contributed by atoms with Gasteiger partial charge in [-0.25, -0.2) is 4.39 Å². The van der Waals surface area contributed by atoms with Gasteiger partial charge >= 0.3 is 6.18 Å². The van der Waals surface area contributed by atoms with Crippen molar-refractivity contribution in [1.29, 1.82) is 0 Å². The standard InChI is InChI=1S/C21H21F4N3O/c1-12-15(8-9-28(2)3)16-11-14(5-7-19(16)26-12)27-20(29)13-4-6-18(22)17(10-13)21(23,24)25/h4-7,10-11,26H,8-9H2,1-3H3,(H,27,29). The Morgan fingerprint density at radius 2 is 1.86 bits per heavy atom. The summed E-state index contributed by atoms with van der Waals surface area (Å²) in [6.45, 7) is 2.82. The Kier molecular flexibility index (Phi) is 5.66. The number of fused-ring (bicyclic) bond motifs is 1. The quantitative estimate of drug-likeness (QED) is 0.586. The number of alkyl halides is 3. The number of halogens is 4. The summed E-state index contributed by atoms with van der Waals surface area (Å²) < 4.78 is 52.1. The molecule has 2 N–H and O–H groups in total. The van der Waals surface area contributed by atoms with Crippen LogP contribution in [0, 0.1) is 12.7 Å². The van der Waals surface area contributed by atoms with Crippen LogP contribution < -0.4 is 5.32 Å². The Bertz CT molecular complexity index is 1050. The molecule has 4 nitrogen and oxygen atoms in total. The summed E-state index contributed by atoms with van der Waals surface area (Å²) >= 11 is 0. The molecule has 0 unspecified atom stereocenters. The van der Waals surface area contributed by atoms with E-state index >= 15 is 0 Å². The second-order valence-electron chi connectivity index (χ2n) is 7.19. The van der Waals surface area contributed by atoms with Crippen molar-refractivity contribution in [2.75, 3.05) is 26.0 Å². The minimum atomic E-state index is -4.87. The van der Waals surface area contributed by atoms with Crippen molar-refractivity contribution in [2.45, 2.75) is 19.5 Å². The molecule has 0 bridgehead atoms. The molecule has 0 saturated heterocycles. The van der Waals surface area contributed by atoms with Gasteiger partial charge in [0, 0.05) is 34.4 Å². The number of benzene rings is 2. The Labute approximate surface area is 165 Å². The van der Waals surface area contributed by atoms with Gasteiger partial charge in [-0.1, -0.05) is 0 Å². The van der Waals surface area contributed by atoms with Crippen LogP contribution in [0.25, 0.3) is 10.9 Å². The summed E-state index contributed by atoms with van der Waals surface area (Å²) in [6.07, 6.45) is -4.06. The van der Waals surface area contributed by atoms with E-state index in [1.165, 1.54) is 0 Å². The third kappa shape index (κ3) is 4.59. The highest BCUT2D eigenvalue weighted by atomic mass is 19.4. The van der Waals surface area contributed by atoms with E-state index < -0.39 is 23.5 Å². The highest BCUT2D eigenvalue weighted by Crippen LogP contribution is 2.32. The number of aryl methyl sites for hydroxylation is 1. The zero-order valence-electron chi connectivity index (χ0n) is 16.2. The molecule has 29 heavy (non-hydrogen) atoms. The number of hydrogen-bond acceptors (Lipinski definition) is 2. The molecule has 0 spiro atoms. The number of carbonyl (C=O) groups excluding carboxylic acids is 1. The van der Waals surface area contributed by atoms with E-state index in [-0.39, 0.29) is 5.56 Å². The first-order valence-corrected chi connectivity index (χ1v) is 9.00. The molecule has 0 fully saturated rings. The molecule has 0 aliphatic carbocycles. The molecule has 0 aliphatic heterocycles. The van der Waals surface area contributed by atoms with Crippen molar-refractivity contribution >= 4 is 22.5 Å². The topological polar surface area (TPSA) is 48.1 Å². The molecule has 3 aromatic rings. The maximum absolute atomic E-state index is 13.4. The molecule has 2 aromatic carbocycles. The third-order valence-electron chi connectivity index (χ3n) is 4.72. The van der Waals surface area contributed by atoms with E-state index in [0.717, 1.165) is 41.2 Å². The van der Waals surface area contributed by atoms with Gasteiger partial charge in [-0.15, -0.1) is 0 Å². The molecular formula is C21H21F4N3O. The Balaban J connectivity index is 1.88. The van der Waals surface area contributed by atoms with Gasteiger partial charge in [0.1, 0.15) is 5.82 Å². The second kappa shape index (κ2) is 7.87. The number of aromatic nitrogens is 1. The van der Waals surface area contributed by atoms with Crippen LogP contribution in [0.15, 0.2) is 36.4 Å². The molecule has 3 rings (SSSR count). The summed E-state index contributed by atoms with van der Waals surface area (Å²) in [5.41, 5.74) is 1.77. The van der Waals surface area contributed by atoms with Crippen molar-refractivity contribution in [3.05, 3.63) is 64.6 Å². The summed E-state index contributed by atoms with van der Waals surface area (Å²) in [6, 6.07) is 7.46. The van der Waals surface area contributed by atoms with E-state index in [9.17, 15) is 22.4 Å². The van der Waals surface area contributed by atoms with Crippen LogP contribution in [0.1, 0.15) is 27.2 Å². The van der Waals surface area contributed by atoms with E-state index in [1.54, 1.807) is 12.1 Å². The van der Waals surface area contributed by atoms with Crippen LogP contribution >= 0.6 is 0 Å². The number of carbonyl (C=O) groups is 1. The minimum Gasteiger partial charge on any atom is -0.358 e. The number of rotatable bonds is 5. The van der Waals surface area contributed by atoms with Gasteiger partial charge in [-0.2, -0.15) is 13.2 Å². The number of nitrogens with one attached hydrogen (secondary N) is 2. The maximum Gasteiger partial charge on any atom is 0.419 e. The lowest BCUT2D eigenvalue weighted by Gasteiger charge is -2.11. The van der Waals surface area contributed by atoms with Crippen LogP contribution in [-0.4, -0.2) is 36.4 Å².